The van der Waals surface area contributed by atoms with Crippen LogP contribution in [0.3, 0.4) is 0 Å². The summed E-state index contributed by atoms with van der Waals surface area (Å²) >= 11 is 6.05. The number of morpholine rings is 1. The summed E-state index contributed by atoms with van der Waals surface area (Å²) in [6.07, 6.45) is -0.00166. The lowest BCUT2D eigenvalue weighted by molar-refractivity contribution is -0.00640. The summed E-state index contributed by atoms with van der Waals surface area (Å²) in [5.74, 6) is 0.466. The third kappa shape index (κ3) is 3.45. The van der Waals surface area contributed by atoms with Crippen molar-refractivity contribution in [3.8, 4) is 0 Å². The zero-order valence-corrected chi connectivity index (χ0v) is 11.8. The van der Waals surface area contributed by atoms with Gasteiger partial charge in [0, 0.05) is 18.8 Å². The molecule has 0 bridgehead atoms. The van der Waals surface area contributed by atoms with Gasteiger partial charge in [-0.3, -0.25) is 4.21 Å². The molecule has 100 valence electrons. The quantitative estimate of drug-likeness (QED) is 0.854. The van der Waals surface area contributed by atoms with E-state index < -0.39 is 10.8 Å². The minimum Gasteiger partial charge on any atom is -0.399 e. The monoisotopic (exact) mass is 288 g/mol. The Kier molecular flexibility index (Phi) is 4.61. The normalized spacial score (nSPS) is 22.9. The molecule has 2 N–H and O–H groups in total. The molecule has 4 nitrogen and oxygen atoms in total. The first-order valence-electron chi connectivity index (χ1n) is 5.80. The third-order valence-electron chi connectivity index (χ3n) is 2.88. The first kappa shape index (κ1) is 13.8. The molecule has 1 aliphatic heterocycles. The van der Waals surface area contributed by atoms with Gasteiger partial charge < -0.3 is 15.4 Å². The zero-order valence-electron chi connectivity index (χ0n) is 10.3. The number of nitrogens with two attached hydrogens (primary N) is 1. The van der Waals surface area contributed by atoms with E-state index in [4.69, 9.17) is 22.1 Å². The van der Waals surface area contributed by atoms with Gasteiger partial charge in [-0.25, -0.2) is 0 Å². The fourth-order valence-electron chi connectivity index (χ4n) is 1.93. The van der Waals surface area contributed by atoms with Crippen LogP contribution in [0.15, 0.2) is 23.1 Å². The van der Waals surface area contributed by atoms with E-state index in [1.54, 1.807) is 18.2 Å². The van der Waals surface area contributed by atoms with Gasteiger partial charge in [0.15, 0.2) is 0 Å². The molecule has 0 saturated carbocycles. The molecular weight excluding hydrogens is 272 g/mol. The first-order chi connectivity index (χ1) is 8.56. The maximum Gasteiger partial charge on any atom is 0.0821 e. The molecule has 0 spiro atoms. The SMILES string of the molecule is CN1CCOC(CS(=O)c2ccc(N)cc2Cl)C1. The number of rotatable bonds is 3. The Bertz CT molecular complexity index is 456. The van der Waals surface area contributed by atoms with Gasteiger partial charge in [-0.05, 0) is 25.2 Å². The Morgan fingerprint density at radius 3 is 3.06 bits per heavy atom. The average molecular weight is 289 g/mol. The van der Waals surface area contributed by atoms with Gasteiger partial charge in [-0.2, -0.15) is 0 Å². The fourth-order valence-corrected chi connectivity index (χ4v) is 3.59. The highest BCUT2D eigenvalue weighted by atomic mass is 35.5. The van der Waals surface area contributed by atoms with Crippen LogP contribution < -0.4 is 5.73 Å². The van der Waals surface area contributed by atoms with Crippen molar-refractivity contribution in [2.75, 3.05) is 38.2 Å². The van der Waals surface area contributed by atoms with Gasteiger partial charge >= 0.3 is 0 Å². The van der Waals surface area contributed by atoms with Crippen LogP contribution >= 0.6 is 11.6 Å². The maximum absolute atomic E-state index is 12.2. The molecule has 1 aromatic rings. The molecule has 1 heterocycles. The summed E-state index contributed by atoms with van der Waals surface area (Å²) < 4.78 is 17.8. The predicted octanol–water partition coefficient (Wildman–Crippen LogP) is 1.36. The van der Waals surface area contributed by atoms with Crippen LogP contribution in [0.5, 0.6) is 0 Å². The Morgan fingerprint density at radius 1 is 1.61 bits per heavy atom. The van der Waals surface area contributed by atoms with E-state index in [-0.39, 0.29) is 6.10 Å². The summed E-state index contributed by atoms with van der Waals surface area (Å²) in [6, 6.07) is 5.07. The van der Waals surface area contributed by atoms with Crippen molar-refractivity contribution in [1.82, 2.24) is 4.90 Å². The lowest BCUT2D eigenvalue weighted by Crippen LogP contribution is -2.42. The number of benzene rings is 1. The van der Waals surface area contributed by atoms with E-state index in [1.807, 2.05) is 7.05 Å². The van der Waals surface area contributed by atoms with E-state index in [9.17, 15) is 4.21 Å². The molecule has 0 radical (unpaired) electrons. The molecule has 18 heavy (non-hydrogen) atoms. The topological polar surface area (TPSA) is 55.6 Å². The molecule has 0 aromatic heterocycles. The summed E-state index contributed by atoms with van der Waals surface area (Å²) in [6.45, 7) is 2.41. The van der Waals surface area contributed by atoms with Crippen molar-refractivity contribution >= 4 is 28.1 Å². The van der Waals surface area contributed by atoms with Crippen LogP contribution in [0.4, 0.5) is 5.69 Å². The van der Waals surface area contributed by atoms with Gasteiger partial charge in [-0.1, -0.05) is 11.6 Å². The van der Waals surface area contributed by atoms with Gasteiger partial charge in [0.25, 0.3) is 0 Å². The zero-order chi connectivity index (χ0) is 13.1. The lowest BCUT2D eigenvalue weighted by Gasteiger charge is -2.29. The number of anilines is 1. The molecule has 0 aliphatic carbocycles. The van der Waals surface area contributed by atoms with Crippen molar-refractivity contribution in [1.29, 1.82) is 0 Å². The fraction of sp³-hybridized carbons (Fsp3) is 0.500. The second kappa shape index (κ2) is 6.02. The minimum absolute atomic E-state index is 0.00166. The first-order valence-corrected chi connectivity index (χ1v) is 7.49. The third-order valence-corrected chi connectivity index (χ3v) is 4.83. The largest absolute Gasteiger partial charge is 0.399 e. The van der Waals surface area contributed by atoms with Crippen molar-refractivity contribution in [2.24, 2.45) is 0 Å². The lowest BCUT2D eigenvalue weighted by atomic mass is 10.3. The Hall–Kier alpha value is -0.620. The summed E-state index contributed by atoms with van der Waals surface area (Å²) in [5.41, 5.74) is 6.19. The smallest absolute Gasteiger partial charge is 0.0821 e. The Labute approximate surface area is 115 Å². The molecule has 1 aliphatic rings. The molecule has 6 heteroatoms. The molecule has 2 rings (SSSR count). The molecular formula is C12H17ClN2O2S. The van der Waals surface area contributed by atoms with Crippen LogP contribution in [0.25, 0.3) is 0 Å². The van der Waals surface area contributed by atoms with E-state index in [0.29, 0.717) is 28.0 Å². The van der Waals surface area contributed by atoms with E-state index in [0.717, 1.165) is 13.1 Å². The second-order valence-corrected chi connectivity index (χ2v) is 6.33. The summed E-state index contributed by atoms with van der Waals surface area (Å²) in [4.78, 5) is 2.80. The van der Waals surface area contributed by atoms with Crippen LogP contribution in [-0.4, -0.2) is 47.7 Å². The van der Waals surface area contributed by atoms with E-state index in [2.05, 4.69) is 4.90 Å². The van der Waals surface area contributed by atoms with Crippen molar-refractivity contribution in [2.45, 2.75) is 11.0 Å². The molecule has 0 amide bonds. The summed E-state index contributed by atoms with van der Waals surface area (Å²) in [5, 5.41) is 0.456. The average Bonchev–Trinajstić information content (AvgIpc) is 2.28. The number of nitrogens with zero attached hydrogens (tertiary/aromatic N) is 1. The van der Waals surface area contributed by atoms with Crippen molar-refractivity contribution < 1.29 is 8.95 Å². The van der Waals surface area contributed by atoms with Crippen LogP contribution in [0, 0.1) is 0 Å². The Balaban J connectivity index is 2.03. The van der Waals surface area contributed by atoms with E-state index in [1.165, 1.54) is 0 Å². The molecule has 1 fully saturated rings. The minimum atomic E-state index is -1.15. The van der Waals surface area contributed by atoms with E-state index >= 15 is 0 Å². The second-order valence-electron chi connectivity index (χ2n) is 4.46. The van der Waals surface area contributed by atoms with Gasteiger partial charge in [0.2, 0.25) is 0 Å². The number of hydrogen-bond acceptors (Lipinski definition) is 4. The van der Waals surface area contributed by atoms with Crippen molar-refractivity contribution in [3.63, 3.8) is 0 Å². The van der Waals surface area contributed by atoms with Gasteiger partial charge in [0.05, 0.1) is 39.2 Å². The van der Waals surface area contributed by atoms with Gasteiger partial charge in [0.1, 0.15) is 0 Å². The number of ether oxygens (including phenoxy) is 1. The highest BCUT2D eigenvalue weighted by molar-refractivity contribution is 7.85. The molecule has 2 unspecified atom stereocenters. The molecule has 1 aromatic carbocycles. The molecule has 1 saturated heterocycles. The van der Waals surface area contributed by atoms with Crippen molar-refractivity contribution in [3.05, 3.63) is 23.2 Å². The molecule has 2 atom stereocenters. The highest BCUT2D eigenvalue weighted by Crippen LogP contribution is 2.23. The van der Waals surface area contributed by atoms with Crippen LogP contribution in [0.2, 0.25) is 5.02 Å². The standard InChI is InChI=1S/C12H17ClN2O2S/c1-15-4-5-17-10(7-15)8-18(16)12-3-2-9(14)6-11(12)13/h2-3,6,10H,4-5,7-8,14H2,1H3. The van der Waals surface area contributed by atoms with Crippen LogP contribution in [-0.2, 0) is 15.5 Å². The van der Waals surface area contributed by atoms with Crippen LogP contribution in [0.1, 0.15) is 0 Å². The van der Waals surface area contributed by atoms with Gasteiger partial charge in [-0.15, -0.1) is 0 Å². The number of halogens is 1. The number of likely N-dealkylation sites (N-methyl/N-ethyl adjacent to an activating group) is 1. The number of nitrogen functional groups attached to an aromatic ring is 1. The predicted molar refractivity (Wildman–Crippen MR) is 74.4 cm³/mol. The highest BCUT2D eigenvalue weighted by Gasteiger charge is 2.21. The summed E-state index contributed by atoms with van der Waals surface area (Å²) in [7, 11) is 0.881. The Morgan fingerprint density at radius 2 is 2.39 bits per heavy atom. The maximum atomic E-state index is 12.2. The number of hydrogen-bond donors (Lipinski definition) is 1.